The third kappa shape index (κ3) is 7.70. The summed E-state index contributed by atoms with van der Waals surface area (Å²) < 4.78 is 4.92. The van der Waals surface area contributed by atoms with E-state index in [-0.39, 0.29) is 42.8 Å². The first kappa shape index (κ1) is 25.0. The number of likely N-dealkylation sites (tertiary alicyclic amines) is 1. The van der Waals surface area contributed by atoms with Crippen molar-refractivity contribution in [1.82, 2.24) is 25.4 Å². The number of nitrogens with one attached hydrogen (secondary N) is 2. The Morgan fingerprint density at radius 2 is 1.97 bits per heavy atom. The minimum absolute atomic E-state index is 0.0687. The number of hydrogen-bond acceptors (Lipinski definition) is 6. The molecule has 1 aromatic heterocycles. The number of aromatic nitrogens is 1. The van der Waals surface area contributed by atoms with Crippen LogP contribution in [0.3, 0.4) is 0 Å². The van der Waals surface area contributed by atoms with Crippen LogP contribution in [0.4, 0.5) is 4.79 Å². The summed E-state index contributed by atoms with van der Waals surface area (Å²) in [4.78, 5) is 45.7. The van der Waals surface area contributed by atoms with E-state index in [0.29, 0.717) is 32.7 Å². The zero-order valence-corrected chi connectivity index (χ0v) is 19.6. The first-order valence-corrected chi connectivity index (χ1v) is 12.2. The lowest BCUT2D eigenvalue weighted by Gasteiger charge is -2.43. The first-order valence-electron chi connectivity index (χ1n) is 12.2. The minimum Gasteiger partial charge on any atom is -0.466 e. The van der Waals surface area contributed by atoms with E-state index < -0.39 is 0 Å². The van der Waals surface area contributed by atoms with Gasteiger partial charge in [-0.3, -0.25) is 19.5 Å². The van der Waals surface area contributed by atoms with Crippen LogP contribution in [-0.4, -0.2) is 78.1 Å². The second kappa shape index (κ2) is 13.1. The lowest BCUT2D eigenvalue weighted by Crippen LogP contribution is -2.59. The lowest BCUT2D eigenvalue weighted by molar-refractivity contribution is -0.143. The highest BCUT2D eigenvalue weighted by atomic mass is 16.5. The molecular weight excluding hydrogens is 422 g/mol. The molecule has 2 atom stereocenters. The molecule has 0 spiro atoms. The predicted octanol–water partition coefficient (Wildman–Crippen LogP) is 1.93. The molecule has 2 N–H and O–H groups in total. The molecule has 2 aliphatic rings. The van der Waals surface area contributed by atoms with E-state index in [2.05, 4.69) is 20.5 Å². The Morgan fingerprint density at radius 1 is 1.18 bits per heavy atom. The van der Waals surface area contributed by atoms with Crippen molar-refractivity contribution in [2.45, 2.75) is 58.0 Å². The number of ether oxygens (including phenoxy) is 1. The average molecular weight is 460 g/mol. The predicted molar refractivity (Wildman–Crippen MR) is 124 cm³/mol. The van der Waals surface area contributed by atoms with Gasteiger partial charge < -0.3 is 20.3 Å². The first-order chi connectivity index (χ1) is 16.1. The Morgan fingerprint density at radius 3 is 2.76 bits per heavy atom. The smallest absolute Gasteiger partial charge is 0.317 e. The molecule has 1 aromatic rings. The van der Waals surface area contributed by atoms with Crippen molar-refractivity contribution in [1.29, 1.82) is 0 Å². The third-order valence-corrected chi connectivity index (χ3v) is 6.39. The number of carbonyl (C=O) groups excluding carboxylic acids is 3. The summed E-state index contributed by atoms with van der Waals surface area (Å²) in [6.07, 6.45) is 8.64. The van der Waals surface area contributed by atoms with E-state index in [9.17, 15) is 14.4 Å². The molecule has 0 aromatic carbocycles. The van der Waals surface area contributed by atoms with Gasteiger partial charge in [-0.05, 0) is 50.4 Å². The minimum atomic E-state index is -0.319. The van der Waals surface area contributed by atoms with Gasteiger partial charge in [-0.15, -0.1) is 0 Å². The van der Waals surface area contributed by atoms with Crippen molar-refractivity contribution in [2.75, 3.05) is 39.3 Å². The third-order valence-electron chi connectivity index (χ3n) is 6.39. The number of hydrogen-bond donors (Lipinski definition) is 2. The SMILES string of the molecule is CCOC(=O)CCNC(=O)N1CCC2C(=O)NCCCCCCN(Cc3ccncc3)C2C1. The second-order valence-electron chi connectivity index (χ2n) is 8.73. The highest BCUT2D eigenvalue weighted by Crippen LogP contribution is 2.26. The van der Waals surface area contributed by atoms with Crippen LogP contribution < -0.4 is 10.6 Å². The highest BCUT2D eigenvalue weighted by Gasteiger charge is 2.39. The fraction of sp³-hybridized carbons (Fsp3) is 0.667. The van der Waals surface area contributed by atoms with Gasteiger partial charge in [0.2, 0.25) is 5.91 Å². The van der Waals surface area contributed by atoms with Crippen molar-refractivity contribution in [3.8, 4) is 0 Å². The monoisotopic (exact) mass is 459 g/mol. The molecular formula is C24H37N5O4. The summed E-state index contributed by atoms with van der Waals surface area (Å²) in [6.45, 7) is 5.64. The van der Waals surface area contributed by atoms with Gasteiger partial charge in [0.25, 0.3) is 0 Å². The van der Waals surface area contributed by atoms with Crippen molar-refractivity contribution < 1.29 is 19.1 Å². The molecule has 33 heavy (non-hydrogen) atoms. The van der Waals surface area contributed by atoms with Crippen LogP contribution in [0.1, 0.15) is 51.0 Å². The molecule has 9 nitrogen and oxygen atoms in total. The number of fused-ring (bicyclic) bond motifs is 1. The summed E-state index contributed by atoms with van der Waals surface area (Å²) in [5.41, 5.74) is 1.15. The Balaban J connectivity index is 1.70. The van der Waals surface area contributed by atoms with E-state index in [0.717, 1.165) is 44.3 Å². The molecule has 3 heterocycles. The van der Waals surface area contributed by atoms with Crippen LogP contribution in [0.15, 0.2) is 24.5 Å². The maximum Gasteiger partial charge on any atom is 0.317 e. The molecule has 3 rings (SSSR count). The standard InChI is InChI=1S/C24H37N5O4/c1-2-33-22(30)9-14-27-24(32)29-16-10-20-21(18-29)28(17-19-7-12-25-13-8-19)15-6-4-3-5-11-26-23(20)31/h7-8,12-13,20-21H,2-6,9-11,14-18H2,1H3,(H,26,31)(H,27,32). The van der Waals surface area contributed by atoms with E-state index >= 15 is 0 Å². The number of nitrogens with zero attached hydrogens (tertiary/aromatic N) is 3. The summed E-state index contributed by atoms with van der Waals surface area (Å²) in [5, 5.41) is 5.95. The Labute approximate surface area is 196 Å². The molecule has 182 valence electrons. The molecule has 3 amide bonds. The molecule has 2 unspecified atom stereocenters. The molecule has 0 bridgehead atoms. The van der Waals surface area contributed by atoms with Crippen molar-refractivity contribution >= 4 is 17.9 Å². The zero-order chi connectivity index (χ0) is 23.5. The van der Waals surface area contributed by atoms with Crippen molar-refractivity contribution in [3.05, 3.63) is 30.1 Å². The summed E-state index contributed by atoms with van der Waals surface area (Å²) in [6, 6.07) is 3.74. The average Bonchev–Trinajstić information content (AvgIpc) is 2.85. The van der Waals surface area contributed by atoms with Crippen LogP contribution in [0.5, 0.6) is 0 Å². The summed E-state index contributed by atoms with van der Waals surface area (Å²) >= 11 is 0. The van der Waals surface area contributed by atoms with Crippen LogP contribution in [0, 0.1) is 5.92 Å². The van der Waals surface area contributed by atoms with Crippen LogP contribution in [0.25, 0.3) is 0 Å². The maximum absolute atomic E-state index is 13.0. The zero-order valence-electron chi connectivity index (χ0n) is 19.6. The lowest BCUT2D eigenvalue weighted by atomic mass is 9.89. The number of esters is 1. The quantitative estimate of drug-likeness (QED) is 0.630. The van der Waals surface area contributed by atoms with Crippen LogP contribution >= 0.6 is 0 Å². The summed E-state index contributed by atoms with van der Waals surface area (Å²) in [7, 11) is 0. The van der Waals surface area contributed by atoms with Crippen molar-refractivity contribution in [3.63, 3.8) is 0 Å². The van der Waals surface area contributed by atoms with Gasteiger partial charge in [0.05, 0.1) is 18.9 Å². The Kier molecular flexibility index (Phi) is 9.93. The van der Waals surface area contributed by atoms with Crippen LogP contribution in [0.2, 0.25) is 0 Å². The van der Waals surface area contributed by atoms with Gasteiger partial charge in [-0.25, -0.2) is 4.79 Å². The molecule has 2 fully saturated rings. The number of piperidine rings is 1. The largest absolute Gasteiger partial charge is 0.466 e. The fourth-order valence-corrected chi connectivity index (χ4v) is 4.63. The number of carbonyl (C=O) groups is 3. The van der Waals surface area contributed by atoms with E-state index in [1.807, 2.05) is 12.1 Å². The number of pyridine rings is 1. The molecule has 0 saturated carbocycles. The topological polar surface area (TPSA) is 104 Å². The highest BCUT2D eigenvalue weighted by molar-refractivity contribution is 5.80. The van der Waals surface area contributed by atoms with Gasteiger partial charge in [-0.2, -0.15) is 0 Å². The van der Waals surface area contributed by atoms with Gasteiger partial charge in [0, 0.05) is 51.2 Å². The van der Waals surface area contributed by atoms with Gasteiger partial charge >= 0.3 is 12.0 Å². The molecule has 9 heteroatoms. The fourth-order valence-electron chi connectivity index (χ4n) is 4.63. The molecule has 0 aliphatic carbocycles. The van der Waals surface area contributed by atoms with E-state index in [4.69, 9.17) is 4.74 Å². The van der Waals surface area contributed by atoms with Gasteiger partial charge in [0.15, 0.2) is 0 Å². The maximum atomic E-state index is 13.0. The van der Waals surface area contributed by atoms with Gasteiger partial charge in [0.1, 0.15) is 0 Å². The summed E-state index contributed by atoms with van der Waals surface area (Å²) in [5.74, 6) is -0.391. The second-order valence-corrected chi connectivity index (χ2v) is 8.73. The van der Waals surface area contributed by atoms with Crippen molar-refractivity contribution in [2.24, 2.45) is 5.92 Å². The number of urea groups is 1. The Bertz CT molecular complexity index is 775. The number of amides is 3. The Hall–Kier alpha value is -2.68. The molecule has 0 radical (unpaired) electrons. The number of rotatable bonds is 6. The van der Waals surface area contributed by atoms with E-state index in [1.165, 1.54) is 0 Å². The normalized spacial score (nSPS) is 22.5. The van der Waals surface area contributed by atoms with Crippen LogP contribution in [-0.2, 0) is 20.9 Å². The van der Waals surface area contributed by atoms with E-state index in [1.54, 1.807) is 24.2 Å². The molecule has 2 aliphatic heterocycles. The van der Waals surface area contributed by atoms with Gasteiger partial charge in [-0.1, -0.05) is 12.8 Å². The molecule has 2 saturated heterocycles.